The Morgan fingerprint density at radius 3 is 2.46 bits per heavy atom. The van der Waals surface area contributed by atoms with E-state index in [1.54, 1.807) is 32.2 Å². The molecule has 0 radical (unpaired) electrons. The van der Waals surface area contributed by atoms with E-state index in [0.29, 0.717) is 22.1 Å². The van der Waals surface area contributed by atoms with Crippen LogP contribution >= 0.6 is 12.2 Å². The fourth-order valence-electron chi connectivity index (χ4n) is 2.46. The van der Waals surface area contributed by atoms with Crippen molar-refractivity contribution in [3.05, 3.63) is 52.8 Å². The number of hydrogen-bond acceptors (Lipinski definition) is 6. The van der Waals surface area contributed by atoms with Crippen molar-refractivity contribution in [1.82, 2.24) is 14.9 Å². The summed E-state index contributed by atoms with van der Waals surface area (Å²) in [6.07, 6.45) is 1.65. The van der Waals surface area contributed by atoms with Gasteiger partial charge in [0, 0.05) is 11.1 Å². The van der Waals surface area contributed by atoms with E-state index < -0.39 is 0 Å². The Morgan fingerprint density at radius 2 is 1.81 bits per heavy atom. The van der Waals surface area contributed by atoms with E-state index in [4.69, 9.17) is 26.4 Å². The first-order valence-corrected chi connectivity index (χ1v) is 8.16. The third-order valence-corrected chi connectivity index (χ3v) is 4.01. The van der Waals surface area contributed by atoms with Crippen molar-refractivity contribution >= 4 is 18.4 Å². The molecule has 26 heavy (non-hydrogen) atoms. The molecule has 0 saturated carbocycles. The zero-order chi connectivity index (χ0) is 18.5. The highest BCUT2D eigenvalue weighted by Gasteiger charge is 2.10. The van der Waals surface area contributed by atoms with Crippen LogP contribution in [-0.4, -0.2) is 42.4 Å². The molecule has 3 aromatic rings. The molecule has 0 bridgehead atoms. The van der Waals surface area contributed by atoms with Crippen molar-refractivity contribution in [3.63, 3.8) is 0 Å². The molecule has 0 fully saturated rings. The van der Waals surface area contributed by atoms with Crippen molar-refractivity contribution in [3.8, 4) is 28.6 Å². The number of aromatic nitrogens is 3. The summed E-state index contributed by atoms with van der Waals surface area (Å²) in [6.45, 7) is 0. The van der Waals surface area contributed by atoms with Crippen LogP contribution in [0.5, 0.6) is 17.2 Å². The Balaban J connectivity index is 2.00. The van der Waals surface area contributed by atoms with Crippen LogP contribution in [0.1, 0.15) is 5.56 Å². The summed E-state index contributed by atoms with van der Waals surface area (Å²) in [6, 6.07) is 13.0. The zero-order valence-electron chi connectivity index (χ0n) is 14.6. The number of benzene rings is 2. The van der Waals surface area contributed by atoms with Gasteiger partial charge in [-0.3, -0.25) is 0 Å². The lowest BCUT2D eigenvalue weighted by Gasteiger charge is -2.09. The van der Waals surface area contributed by atoms with Gasteiger partial charge in [0.05, 0.1) is 27.5 Å². The lowest BCUT2D eigenvalue weighted by Crippen LogP contribution is -1.98. The van der Waals surface area contributed by atoms with Crippen molar-refractivity contribution in [1.29, 1.82) is 0 Å². The average molecular weight is 370 g/mol. The van der Waals surface area contributed by atoms with Gasteiger partial charge in [-0.2, -0.15) is 14.9 Å². The van der Waals surface area contributed by atoms with Crippen LogP contribution in [0.4, 0.5) is 0 Å². The van der Waals surface area contributed by atoms with Gasteiger partial charge in [0.1, 0.15) is 5.75 Å². The lowest BCUT2D eigenvalue weighted by molar-refractivity contribution is 0.354. The second-order valence-corrected chi connectivity index (χ2v) is 5.61. The molecule has 7 nitrogen and oxygen atoms in total. The van der Waals surface area contributed by atoms with Crippen LogP contribution in [0, 0.1) is 4.77 Å². The van der Waals surface area contributed by atoms with Gasteiger partial charge in [0.25, 0.3) is 0 Å². The number of methoxy groups -OCH3 is 3. The van der Waals surface area contributed by atoms with Crippen LogP contribution in [0.25, 0.3) is 11.4 Å². The Kier molecular flexibility index (Phi) is 5.33. The van der Waals surface area contributed by atoms with E-state index >= 15 is 0 Å². The molecule has 0 aliphatic carbocycles. The van der Waals surface area contributed by atoms with Gasteiger partial charge in [0.2, 0.25) is 4.77 Å². The third-order valence-electron chi connectivity index (χ3n) is 3.74. The van der Waals surface area contributed by atoms with Crippen molar-refractivity contribution in [2.75, 3.05) is 21.3 Å². The summed E-state index contributed by atoms with van der Waals surface area (Å²) in [5.74, 6) is 2.58. The first kappa shape index (κ1) is 17.7. The van der Waals surface area contributed by atoms with E-state index in [2.05, 4.69) is 15.3 Å². The number of hydrogen-bond donors (Lipinski definition) is 1. The average Bonchev–Trinajstić information content (AvgIpc) is 3.06. The molecule has 1 heterocycles. The summed E-state index contributed by atoms with van der Waals surface area (Å²) >= 11 is 5.30. The van der Waals surface area contributed by atoms with Crippen molar-refractivity contribution in [2.24, 2.45) is 5.10 Å². The van der Waals surface area contributed by atoms with E-state index in [0.717, 1.165) is 16.9 Å². The molecule has 0 spiro atoms. The SMILES string of the molecule is COc1ccc(-c2n[nH]c(=S)n2/N=C/c2cccc(OC)c2OC)cc1. The topological polar surface area (TPSA) is 73.7 Å². The molecule has 134 valence electrons. The molecule has 8 heteroatoms. The second-order valence-electron chi connectivity index (χ2n) is 5.22. The fourth-order valence-corrected chi connectivity index (χ4v) is 2.64. The number of nitrogens with one attached hydrogen (secondary N) is 1. The van der Waals surface area contributed by atoms with E-state index in [9.17, 15) is 0 Å². The first-order chi connectivity index (χ1) is 12.7. The minimum absolute atomic E-state index is 0.383. The Bertz CT molecular complexity index is 977. The zero-order valence-corrected chi connectivity index (χ0v) is 15.4. The first-order valence-electron chi connectivity index (χ1n) is 7.75. The number of rotatable bonds is 6. The summed E-state index contributed by atoms with van der Waals surface area (Å²) in [7, 11) is 4.80. The molecule has 0 unspecified atom stereocenters. The molecular weight excluding hydrogens is 352 g/mol. The number of aromatic amines is 1. The number of para-hydroxylation sites is 1. The van der Waals surface area contributed by atoms with Gasteiger partial charge >= 0.3 is 0 Å². The standard InChI is InChI=1S/C18H18N4O3S/c1-23-14-9-7-12(8-10-14)17-20-21-18(26)22(17)19-11-13-5-4-6-15(24-2)16(13)25-3/h4-11H,1-3H3,(H,21,26)/b19-11+. The monoisotopic (exact) mass is 370 g/mol. The smallest absolute Gasteiger partial charge is 0.216 e. The summed E-state index contributed by atoms with van der Waals surface area (Å²) in [4.78, 5) is 0. The summed E-state index contributed by atoms with van der Waals surface area (Å²) in [5, 5.41) is 11.5. The number of ether oxygens (including phenoxy) is 3. The quantitative estimate of drug-likeness (QED) is 0.531. The maximum absolute atomic E-state index is 5.42. The highest BCUT2D eigenvalue weighted by Crippen LogP contribution is 2.29. The maximum Gasteiger partial charge on any atom is 0.216 e. The van der Waals surface area contributed by atoms with Gasteiger partial charge < -0.3 is 14.2 Å². The van der Waals surface area contributed by atoms with Crippen LogP contribution in [0.3, 0.4) is 0 Å². The molecule has 3 rings (SSSR count). The van der Waals surface area contributed by atoms with Gasteiger partial charge in [-0.1, -0.05) is 6.07 Å². The summed E-state index contributed by atoms with van der Waals surface area (Å²) in [5.41, 5.74) is 1.61. The molecule has 1 aromatic heterocycles. The molecular formula is C18H18N4O3S. The highest BCUT2D eigenvalue weighted by atomic mass is 32.1. The molecule has 0 aliphatic rings. The number of H-pyrrole nitrogens is 1. The second kappa shape index (κ2) is 7.83. The van der Waals surface area contributed by atoms with Crippen LogP contribution < -0.4 is 14.2 Å². The molecule has 2 aromatic carbocycles. The van der Waals surface area contributed by atoms with Crippen LogP contribution in [0.2, 0.25) is 0 Å². The molecule has 0 saturated heterocycles. The largest absolute Gasteiger partial charge is 0.497 e. The minimum Gasteiger partial charge on any atom is -0.497 e. The van der Waals surface area contributed by atoms with Gasteiger partial charge in [-0.15, -0.1) is 0 Å². The molecule has 1 N–H and O–H groups in total. The van der Waals surface area contributed by atoms with Gasteiger partial charge in [-0.25, -0.2) is 5.10 Å². The molecule has 0 atom stereocenters. The van der Waals surface area contributed by atoms with E-state index in [1.807, 2.05) is 42.5 Å². The predicted molar refractivity (Wildman–Crippen MR) is 102 cm³/mol. The minimum atomic E-state index is 0.383. The van der Waals surface area contributed by atoms with Crippen LogP contribution in [0.15, 0.2) is 47.6 Å². The molecule has 0 aliphatic heterocycles. The lowest BCUT2D eigenvalue weighted by atomic mass is 10.2. The van der Waals surface area contributed by atoms with Gasteiger partial charge in [0.15, 0.2) is 17.3 Å². The predicted octanol–water partition coefficient (Wildman–Crippen LogP) is 3.52. The van der Waals surface area contributed by atoms with Crippen LogP contribution in [-0.2, 0) is 0 Å². The number of nitrogens with zero attached hydrogens (tertiary/aromatic N) is 3. The van der Waals surface area contributed by atoms with E-state index in [-0.39, 0.29) is 0 Å². The van der Waals surface area contributed by atoms with Crippen molar-refractivity contribution in [2.45, 2.75) is 0 Å². The maximum atomic E-state index is 5.42. The third kappa shape index (κ3) is 3.45. The highest BCUT2D eigenvalue weighted by molar-refractivity contribution is 7.71. The Hall–Kier alpha value is -3.13. The van der Waals surface area contributed by atoms with E-state index in [1.165, 1.54) is 0 Å². The van der Waals surface area contributed by atoms with Gasteiger partial charge in [-0.05, 0) is 48.6 Å². The Morgan fingerprint density at radius 1 is 1.04 bits per heavy atom. The Labute approximate surface area is 155 Å². The fraction of sp³-hybridized carbons (Fsp3) is 0.167. The normalized spacial score (nSPS) is 10.9. The molecule has 0 amide bonds. The van der Waals surface area contributed by atoms with Crippen molar-refractivity contribution < 1.29 is 14.2 Å². The summed E-state index contributed by atoms with van der Waals surface area (Å²) < 4.78 is 17.8.